The van der Waals surface area contributed by atoms with Crippen LogP contribution in [0, 0.1) is 11.8 Å². The number of hydrogen-bond donors (Lipinski definition) is 1. The van der Waals surface area contributed by atoms with Crippen LogP contribution in [0.4, 0.5) is 5.69 Å². The van der Waals surface area contributed by atoms with Crippen LogP contribution in [-0.4, -0.2) is 96.7 Å². The highest BCUT2D eigenvalue weighted by Gasteiger charge is 2.45. The van der Waals surface area contributed by atoms with Crippen LogP contribution < -0.4 is 14.4 Å². The Kier molecular flexibility index (Phi) is 10.0. The first-order valence-corrected chi connectivity index (χ1v) is 19.5. The van der Waals surface area contributed by atoms with Gasteiger partial charge in [-0.15, -0.1) is 0 Å². The van der Waals surface area contributed by atoms with Gasteiger partial charge < -0.3 is 23.8 Å². The van der Waals surface area contributed by atoms with Gasteiger partial charge in [0.2, 0.25) is 0 Å². The molecule has 2 aliphatic carbocycles. The van der Waals surface area contributed by atoms with Gasteiger partial charge in [-0.3, -0.25) is 9.69 Å². The average Bonchev–Trinajstić information content (AvgIpc) is 3.21. The Labute approximate surface area is 295 Å². The summed E-state index contributed by atoms with van der Waals surface area (Å²) in [4.78, 5) is 18.0. The maximum absolute atomic E-state index is 13.6. The number of halogens is 1. The molecule has 2 fully saturated rings. The van der Waals surface area contributed by atoms with Crippen molar-refractivity contribution in [1.82, 2.24) is 9.62 Å². The molecule has 0 aromatic heterocycles. The van der Waals surface area contributed by atoms with Crippen molar-refractivity contribution in [2.45, 2.75) is 68.0 Å². The molecular weight excluding hydrogens is 666 g/mol. The number of carbonyl (C=O) groups is 1. The van der Waals surface area contributed by atoms with Crippen molar-refractivity contribution < 1.29 is 32.2 Å². The van der Waals surface area contributed by atoms with Crippen molar-refractivity contribution in [3.8, 4) is 5.75 Å². The molecule has 2 bridgehead atoms. The minimum absolute atomic E-state index is 0.0113. The first-order valence-electron chi connectivity index (χ1n) is 17.6. The number of carbonyl (C=O) groups excluding carboxylic acids is 1. The lowest BCUT2D eigenvalue weighted by Gasteiger charge is -2.46. The van der Waals surface area contributed by atoms with E-state index in [2.05, 4.69) is 32.7 Å². The third-order valence-electron chi connectivity index (χ3n) is 11.1. The number of fused-ring (bicyclic) bond motifs is 4. The van der Waals surface area contributed by atoms with Gasteiger partial charge in [0.1, 0.15) is 11.4 Å². The van der Waals surface area contributed by atoms with Crippen molar-refractivity contribution in [1.29, 1.82) is 0 Å². The van der Waals surface area contributed by atoms with Crippen molar-refractivity contribution in [3.05, 3.63) is 64.7 Å². The lowest BCUT2D eigenvalue weighted by molar-refractivity contribution is -0.139. The number of amides is 1. The lowest BCUT2D eigenvalue weighted by Crippen LogP contribution is -2.50. The van der Waals surface area contributed by atoms with Crippen LogP contribution in [0.1, 0.15) is 50.7 Å². The monoisotopic (exact) mass is 713 g/mol. The van der Waals surface area contributed by atoms with E-state index >= 15 is 0 Å². The van der Waals surface area contributed by atoms with Crippen LogP contribution in [0.15, 0.2) is 53.4 Å². The molecule has 1 N–H and O–H groups in total. The third-order valence-corrected chi connectivity index (χ3v) is 12.7. The normalized spacial score (nSPS) is 30.6. The van der Waals surface area contributed by atoms with Crippen LogP contribution in [0.2, 0.25) is 5.02 Å². The van der Waals surface area contributed by atoms with Gasteiger partial charge in [-0.05, 0) is 99.2 Å². The predicted octanol–water partition coefficient (Wildman–Crippen LogP) is 4.73. The summed E-state index contributed by atoms with van der Waals surface area (Å²) in [6, 6.07) is 11.1. The Morgan fingerprint density at radius 1 is 1.10 bits per heavy atom. The molecule has 10 nitrogen and oxygen atoms in total. The minimum atomic E-state index is -4.19. The van der Waals surface area contributed by atoms with Crippen molar-refractivity contribution in [2.75, 3.05) is 70.7 Å². The summed E-state index contributed by atoms with van der Waals surface area (Å²) in [5, 5.41) is 0.731. The molecule has 49 heavy (non-hydrogen) atoms. The highest BCUT2D eigenvalue weighted by atomic mass is 35.5. The zero-order valence-electron chi connectivity index (χ0n) is 28.5. The Hall–Kier alpha value is -2.67. The summed E-state index contributed by atoms with van der Waals surface area (Å²) in [5.41, 5.74) is 1.55. The second-order valence-electron chi connectivity index (χ2n) is 14.7. The second kappa shape index (κ2) is 14.2. The fraction of sp³-hybridized carbons (Fsp3) is 0.595. The van der Waals surface area contributed by atoms with Gasteiger partial charge in [-0.1, -0.05) is 29.8 Å². The maximum atomic E-state index is 13.6. The number of sulfonamides is 1. The molecule has 1 saturated heterocycles. The Morgan fingerprint density at radius 2 is 1.94 bits per heavy atom. The largest absolute Gasteiger partial charge is 0.490 e. The van der Waals surface area contributed by atoms with Crippen molar-refractivity contribution >= 4 is 33.2 Å². The van der Waals surface area contributed by atoms with Crippen LogP contribution in [0.5, 0.6) is 5.75 Å². The van der Waals surface area contributed by atoms with E-state index in [-0.39, 0.29) is 28.9 Å². The summed E-state index contributed by atoms with van der Waals surface area (Å²) in [6.45, 7) is 9.94. The number of rotatable bonds is 4. The molecule has 1 amide bonds. The zero-order valence-corrected chi connectivity index (χ0v) is 30.1. The molecule has 7 rings (SSSR count). The highest BCUT2D eigenvalue weighted by molar-refractivity contribution is 7.90. The quantitative estimate of drug-likeness (QED) is 0.451. The molecule has 1 spiro atoms. The van der Waals surface area contributed by atoms with Crippen LogP contribution >= 0.6 is 11.6 Å². The van der Waals surface area contributed by atoms with Crippen molar-refractivity contribution in [3.63, 3.8) is 0 Å². The number of hydrogen-bond acceptors (Lipinski definition) is 9. The number of anilines is 1. The van der Waals surface area contributed by atoms with E-state index in [4.69, 9.17) is 30.5 Å². The molecule has 5 aliphatic rings. The lowest BCUT2D eigenvalue weighted by atomic mass is 9.68. The predicted molar refractivity (Wildman–Crippen MR) is 188 cm³/mol. The summed E-state index contributed by atoms with van der Waals surface area (Å²) in [6.07, 6.45) is 8.88. The molecule has 266 valence electrons. The van der Waals surface area contributed by atoms with E-state index in [0.717, 1.165) is 82.2 Å². The highest BCUT2D eigenvalue weighted by Crippen LogP contribution is 2.47. The van der Waals surface area contributed by atoms with Gasteiger partial charge in [0, 0.05) is 43.2 Å². The number of nitrogens with one attached hydrogen (secondary N) is 1. The van der Waals surface area contributed by atoms with Gasteiger partial charge in [0.25, 0.3) is 15.9 Å². The number of benzene rings is 2. The van der Waals surface area contributed by atoms with E-state index in [0.29, 0.717) is 31.4 Å². The topological polar surface area (TPSA) is 107 Å². The number of ether oxygens (including phenoxy) is 4. The number of nitrogens with zero attached hydrogens (tertiary/aromatic N) is 2. The molecular formula is C37H48ClN3O7S. The summed E-state index contributed by atoms with van der Waals surface area (Å²) < 4.78 is 54.2. The van der Waals surface area contributed by atoms with Crippen LogP contribution in [-0.2, 0) is 40.9 Å². The SMILES string of the molecule is CC1(C)OC/C=C/[C@H](OCCN2CCOCC2)[C@@H]2CC[C@H]2CN2C[C@@]3(CCCc4cc(Cl)ccc43)COc3ccc(cc32)S(=O)(=O)NC1=O. The third kappa shape index (κ3) is 7.39. The van der Waals surface area contributed by atoms with Gasteiger partial charge in [0.05, 0.1) is 49.7 Å². The first kappa shape index (κ1) is 34.8. The molecule has 12 heteroatoms. The molecule has 3 heterocycles. The smallest absolute Gasteiger partial charge is 0.265 e. The van der Waals surface area contributed by atoms with Crippen LogP contribution in [0.3, 0.4) is 0 Å². The van der Waals surface area contributed by atoms with Crippen molar-refractivity contribution in [2.24, 2.45) is 11.8 Å². The van der Waals surface area contributed by atoms with E-state index in [1.165, 1.54) is 17.2 Å². The first-order chi connectivity index (χ1) is 23.5. The van der Waals surface area contributed by atoms with Gasteiger partial charge in [0.15, 0.2) is 0 Å². The standard InChI is InChI=1S/C37H48ClN3O7S/c1-36(2)35(42)39-49(43,44)29-9-12-34-32(22-29)41(24-37(25-47-34)13-3-5-26-21-28(38)8-11-31(26)37)23-27-7-10-30(27)33(6-4-17-48-36)46-20-16-40-14-18-45-19-15-40/h4,6,8-9,11-12,21-22,27,30,33H,3,5,7,10,13-20,23-25H2,1-2H3,(H,39,42)/b6-4+/t27-,30+,33-,37-/m0/s1. The van der Waals surface area contributed by atoms with E-state index in [1.54, 1.807) is 26.0 Å². The Bertz CT molecular complexity index is 1680. The summed E-state index contributed by atoms with van der Waals surface area (Å²) in [5.74, 6) is 0.504. The van der Waals surface area contributed by atoms with E-state index in [9.17, 15) is 13.2 Å². The van der Waals surface area contributed by atoms with Gasteiger partial charge in [-0.2, -0.15) is 0 Å². The Morgan fingerprint density at radius 3 is 2.73 bits per heavy atom. The average molecular weight is 714 g/mol. The fourth-order valence-corrected chi connectivity index (χ4v) is 9.39. The molecule has 1 saturated carbocycles. The summed E-state index contributed by atoms with van der Waals surface area (Å²) in [7, 11) is -4.19. The fourth-order valence-electron chi connectivity index (χ4n) is 8.08. The van der Waals surface area contributed by atoms with Crippen LogP contribution in [0.25, 0.3) is 0 Å². The summed E-state index contributed by atoms with van der Waals surface area (Å²) >= 11 is 6.45. The molecule has 4 atom stereocenters. The number of aryl methyl sites for hydroxylation is 1. The maximum Gasteiger partial charge on any atom is 0.265 e. The molecule has 0 unspecified atom stereocenters. The van der Waals surface area contributed by atoms with Gasteiger partial charge in [-0.25, -0.2) is 13.1 Å². The molecule has 3 aliphatic heterocycles. The Balaban J connectivity index is 1.24. The second-order valence-corrected chi connectivity index (χ2v) is 16.8. The van der Waals surface area contributed by atoms with Gasteiger partial charge >= 0.3 is 0 Å². The minimum Gasteiger partial charge on any atom is -0.490 e. The molecule has 0 radical (unpaired) electrons. The van der Waals surface area contributed by atoms with E-state index < -0.39 is 21.5 Å². The molecule has 2 aromatic rings. The number of morpholine rings is 1. The van der Waals surface area contributed by atoms with E-state index in [1.807, 2.05) is 12.1 Å². The molecule has 2 aromatic carbocycles. The zero-order chi connectivity index (χ0) is 34.2.